The topological polar surface area (TPSA) is 165 Å². The van der Waals surface area contributed by atoms with Gasteiger partial charge in [0.25, 0.3) is 5.91 Å². The van der Waals surface area contributed by atoms with Crippen molar-refractivity contribution in [2.24, 2.45) is 11.3 Å². The zero-order chi connectivity index (χ0) is 38.8. The zero-order valence-electron chi connectivity index (χ0n) is 32.3. The van der Waals surface area contributed by atoms with Gasteiger partial charge in [-0.25, -0.2) is 10.4 Å². The Morgan fingerprint density at radius 1 is 1.08 bits per heavy atom. The first-order valence-corrected chi connectivity index (χ1v) is 21.7. The average Bonchev–Trinajstić information content (AvgIpc) is 3.09. The molecule has 1 aliphatic heterocycles. The van der Waals surface area contributed by atoms with Crippen molar-refractivity contribution in [2.75, 3.05) is 26.9 Å². The minimum Gasteiger partial charge on any atom is -0.468 e. The summed E-state index contributed by atoms with van der Waals surface area (Å²) in [5.41, 5.74) is 3.85. The summed E-state index contributed by atoms with van der Waals surface area (Å²) >= 11 is 0. The van der Waals surface area contributed by atoms with Gasteiger partial charge in [0.05, 0.1) is 30.3 Å². The van der Waals surface area contributed by atoms with Crippen LogP contribution in [0, 0.1) is 11.3 Å². The highest BCUT2D eigenvalue weighted by Crippen LogP contribution is 2.25. The maximum atomic E-state index is 14.1. The largest absolute Gasteiger partial charge is 0.468 e. The molecule has 1 aromatic carbocycles. The summed E-state index contributed by atoms with van der Waals surface area (Å²) < 4.78 is 16.2. The van der Waals surface area contributed by atoms with Crippen molar-refractivity contribution in [2.45, 2.75) is 104 Å². The molecule has 3 rings (SSSR count). The molecule has 0 bridgehead atoms. The van der Waals surface area contributed by atoms with Crippen molar-refractivity contribution in [3.8, 4) is 0 Å². The smallest absolute Gasteiger partial charge is 0.324 e. The SMILES string of the molecule is COC(=O)C1CCCN(C(=O)C(C)NC(=O)C(NC(=O)C(C)(C=Cc2ccc3ccc(C(C)OC(C)=O)nc3c2)COCC[Si](C)(C)C)C(C)C)N1. The third-order valence-corrected chi connectivity index (χ3v) is 10.7. The summed E-state index contributed by atoms with van der Waals surface area (Å²) in [7, 11) is -0.102. The van der Waals surface area contributed by atoms with Crippen LogP contribution in [0.25, 0.3) is 17.0 Å². The first-order valence-electron chi connectivity index (χ1n) is 17.9. The quantitative estimate of drug-likeness (QED) is 0.126. The highest BCUT2D eigenvalue weighted by atomic mass is 28.3. The number of nitrogens with zero attached hydrogens (tertiary/aromatic N) is 2. The molecule has 0 aliphatic carbocycles. The molecule has 3 amide bonds. The zero-order valence-corrected chi connectivity index (χ0v) is 33.3. The molecule has 13 nitrogen and oxygen atoms in total. The number of ether oxygens (including phenoxy) is 3. The van der Waals surface area contributed by atoms with E-state index in [9.17, 15) is 24.0 Å². The van der Waals surface area contributed by atoms with Gasteiger partial charge in [0.1, 0.15) is 24.2 Å². The molecule has 2 aromatic rings. The van der Waals surface area contributed by atoms with E-state index in [-0.39, 0.29) is 18.5 Å². The van der Waals surface area contributed by atoms with Crippen LogP contribution in [-0.4, -0.2) is 92.7 Å². The number of esters is 2. The Morgan fingerprint density at radius 3 is 2.40 bits per heavy atom. The molecule has 1 fully saturated rings. The number of rotatable bonds is 16. The number of hydrazine groups is 1. The number of pyridine rings is 1. The van der Waals surface area contributed by atoms with Crippen LogP contribution in [-0.2, 0) is 38.2 Å². The highest BCUT2D eigenvalue weighted by molar-refractivity contribution is 6.76. The minimum atomic E-state index is -1.39. The molecule has 0 saturated carbocycles. The van der Waals surface area contributed by atoms with E-state index in [0.717, 1.165) is 17.0 Å². The second-order valence-corrected chi connectivity index (χ2v) is 20.9. The van der Waals surface area contributed by atoms with Crippen LogP contribution in [0.2, 0.25) is 25.7 Å². The summed E-state index contributed by atoms with van der Waals surface area (Å²) in [4.78, 5) is 69.2. The predicted octanol–water partition coefficient (Wildman–Crippen LogP) is 4.55. The van der Waals surface area contributed by atoms with Gasteiger partial charge in [-0.3, -0.25) is 29.0 Å². The van der Waals surface area contributed by atoms with Gasteiger partial charge >= 0.3 is 11.9 Å². The molecule has 1 aliphatic rings. The number of fused-ring (bicyclic) bond motifs is 1. The first kappa shape index (κ1) is 42.3. The van der Waals surface area contributed by atoms with E-state index < -0.39 is 61.4 Å². The molecule has 5 unspecified atom stereocenters. The third-order valence-electron chi connectivity index (χ3n) is 8.96. The maximum Gasteiger partial charge on any atom is 0.324 e. The number of carbonyl (C=O) groups is 5. The predicted molar refractivity (Wildman–Crippen MR) is 202 cm³/mol. The summed E-state index contributed by atoms with van der Waals surface area (Å²) in [6.45, 7) is 17.8. The number of aromatic nitrogens is 1. The van der Waals surface area contributed by atoms with E-state index in [1.807, 2.05) is 50.3 Å². The number of hydrogen-bond acceptors (Lipinski definition) is 10. The van der Waals surface area contributed by atoms with E-state index in [1.165, 1.54) is 19.0 Å². The van der Waals surface area contributed by atoms with Gasteiger partial charge in [-0.15, -0.1) is 0 Å². The number of benzene rings is 1. The second-order valence-electron chi connectivity index (χ2n) is 15.3. The molecule has 3 N–H and O–H groups in total. The molecule has 1 aromatic heterocycles. The molecule has 1 saturated heterocycles. The van der Waals surface area contributed by atoms with Crippen LogP contribution < -0.4 is 16.1 Å². The van der Waals surface area contributed by atoms with E-state index in [0.29, 0.717) is 37.2 Å². The van der Waals surface area contributed by atoms with Crippen molar-refractivity contribution in [1.82, 2.24) is 26.1 Å². The van der Waals surface area contributed by atoms with Crippen molar-refractivity contribution < 1.29 is 38.2 Å². The molecule has 0 spiro atoms. The normalized spacial score (nSPS) is 18.0. The molecule has 286 valence electrons. The molecule has 52 heavy (non-hydrogen) atoms. The van der Waals surface area contributed by atoms with Crippen LogP contribution in [0.3, 0.4) is 0 Å². The standard InChI is InChI=1S/C38H57N5O8Si/c1-24(2)33(34(45)39-25(3)35(46)43-19-11-12-31(42-43)36(47)49-7)41-37(48)38(6,23-50-20-21-52(8,9)10)18-17-28-13-14-29-15-16-30(40-32(29)22-28)26(4)51-27(5)44/h13-18,22,24-26,31,33,42H,11-12,19-21,23H2,1-10H3,(H,39,45)(H,41,48). The Bertz CT molecular complexity index is 1630. The Kier molecular flexibility index (Phi) is 15.1. The van der Waals surface area contributed by atoms with Crippen molar-refractivity contribution >= 4 is 54.7 Å². The number of nitrogens with one attached hydrogen (secondary N) is 3. The van der Waals surface area contributed by atoms with Crippen LogP contribution in [0.4, 0.5) is 0 Å². The lowest BCUT2D eigenvalue weighted by Crippen LogP contribution is -2.61. The minimum absolute atomic E-state index is 0.0823. The van der Waals surface area contributed by atoms with Gasteiger partial charge < -0.3 is 24.8 Å². The van der Waals surface area contributed by atoms with Crippen molar-refractivity contribution in [1.29, 1.82) is 0 Å². The average molecular weight is 740 g/mol. The Labute approximate surface area is 308 Å². The second kappa shape index (κ2) is 18.6. The van der Waals surface area contributed by atoms with Crippen LogP contribution in [0.15, 0.2) is 36.4 Å². The van der Waals surface area contributed by atoms with E-state index in [2.05, 4.69) is 35.7 Å². The van der Waals surface area contributed by atoms with Crippen molar-refractivity contribution in [3.63, 3.8) is 0 Å². The van der Waals surface area contributed by atoms with E-state index >= 15 is 0 Å². The summed E-state index contributed by atoms with van der Waals surface area (Å²) in [5.74, 6) is -2.47. The summed E-state index contributed by atoms with van der Waals surface area (Å²) in [6, 6.07) is 7.90. The highest BCUT2D eigenvalue weighted by Gasteiger charge is 2.37. The number of methoxy groups -OCH3 is 1. The molecule has 0 radical (unpaired) electrons. The fraction of sp³-hybridized carbons (Fsp3) is 0.579. The molecular formula is C38H57N5O8Si. The van der Waals surface area contributed by atoms with Gasteiger partial charge in [-0.1, -0.05) is 63.8 Å². The lowest BCUT2D eigenvalue weighted by molar-refractivity contribution is -0.151. The van der Waals surface area contributed by atoms with Gasteiger partial charge in [0.15, 0.2) is 0 Å². The lowest BCUT2D eigenvalue weighted by atomic mass is 9.88. The van der Waals surface area contributed by atoms with E-state index in [1.54, 1.807) is 26.8 Å². The number of hydrogen-bond donors (Lipinski definition) is 3. The van der Waals surface area contributed by atoms with Crippen LogP contribution in [0.1, 0.15) is 71.7 Å². The molecule has 14 heteroatoms. The third kappa shape index (κ3) is 12.2. The molecular weight excluding hydrogens is 683 g/mol. The van der Waals surface area contributed by atoms with Gasteiger partial charge in [-0.2, -0.15) is 0 Å². The Hall–Kier alpha value is -4.14. The first-order chi connectivity index (χ1) is 24.3. The van der Waals surface area contributed by atoms with Crippen molar-refractivity contribution in [3.05, 3.63) is 47.7 Å². The Morgan fingerprint density at radius 2 is 1.77 bits per heavy atom. The van der Waals surface area contributed by atoms with E-state index in [4.69, 9.17) is 19.2 Å². The van der Waals surface area contributed by atoms with Crippen LogP contribution >= 0.6 is 0 Å². The summed E-state index contributed by atoms with van der Waals surface area (Å²) in [5, 5.41) is 7.94. The number of carbonyl (C=O) groups excluding carboxylic acids is 5. The molecule has 5 atom stereocenters. The lowest BCUT2D eigenvalue weighted by Gasteiger charge is -2.34. The summed E-state index contributed by atoms with van der Waals surface area (Å²) in [6.07, 6.45) is 4.24. The maximum absolute atomic E-state index is 14.1. The van der Waals surface area contributed by atoms with Gasteiger partial charge in [-0.05, 0) is 63.3 Å². The Balaban J connectivity index is 1.81. The fourth-order valence-electron chi connectivity index (χ4n) is 5.62. The van der Waals surface area contributed by atoms with Gasteiger partial charge in [0, 0.05) is 33.5 Å². The molecule has 2 heterocycles. The monoisotopic (exact) mass is 739 g/mol. The fourth-order valence-corrected chi connectivity index (χ4v) is 6.38. The van der Waals surface area contributed by atoms with Crippen LogP contribution in [0.5, 0.6) is 0 Å². The number of amides is 3. The van der Waals surface area contributed by atoms with Gasteiger partial charge in [0.2, 0.25) is 11.8 Å².